The Morgan fingerprint density at radius 1 is 1.18 bits per heavy atom. The summed E-state index contributed by atoms with van der Waals surface area (Å²) in [5.74, 6) is 0.286. The van der Waals surface area contributed by atoms with Gasteiger partial charge < -0.3 is 10.0 Å². The minimum Gasteiger partial charge on any atom is -0.465 e. The van der Waals surface area contributed by atoms with Gasteiger partial charge >= 0.3 is 6.09 Å². The number of carbonyl (C=O) groups is 2. The van der Waals surface area contributed by atoms with Crippen LogP contribution in [0.1, 0.15) is 73.1 Å². The third kappa shape index (κ3) is 9.59. The summed E-state index contributed by atoms with van der Waals surface area (Å²) >= 11 is 0. The zero-order valence-corrected chi connectivity index (χ0v) is 14.9. The highest BCUT2D eigenvalue weighted by atomic mass is 16.4. The average Bonchev–Trinajstić information content (AvgIpc) is 2.36. The standard InChI is InChI=1S/C9H19NO2.C9H14O/c1-3-5-7-10(9(11)12)8-6-4-2;1-7-4-8(10)6-9(2,3)5-7/h3-8H2,1-2H3,(H,11,12);4H,5-6H2,1-3H3. The van der Waals surface area contributed by atoms with Gasteiger partial charge in [0, 0.05) is 19.5 Å². The molecule has 0 atom stereocenters. The molecule has 0 saturated heterocycles. The van der Waals surface area contributed by atoms with Gasteiger partial charge in [0.25, 0.3) is 0 Å². The molecule has 0 bridgehead atoms. The first-order valence-electron chi connectivity index (χ1n) is 8.39. The van der Waals surface area contributed by atoms with Gasteiger partial charge in [0.2, 0.25) is 0 Å². The molecular formula is C18H33NO3. The van der Waals surface area contributed by atoms with E-state index in [2.05, 4.69) is 27.7 Å². The third-order valence-corrected chi connectivity index (χ3v) is 3.65. The van der Waals surface area contributed by atoms with E-state index >= 15 is 0 Å². The van der Waals surface area contributed by atoms with Crippen LogP contribution in [-0.4, -0.2) is 35.0 Å². The van der Waals surface area contributed by atoms with Crippen LogP contribution in [0, 0.1) is 5.41 Å². The van der Waals surface area contributed by atoms with Gasteiger partial charge in [0.1, 0.15) is 0 Å². The fourth-order valence-electron chi connectivity index (χ4n) is 2.67. The molecular weight excluding hydrogens is 278 g/mol. The van der Waals surface area contributed by atoms with Gasteiger partial charge in [-0.3, -0.25) is 4.79 Å². The molecule has 1 aliphatic carbocycles. The topological polar surface area (TPSA) is 57.6 Å². The summed E-state index contributed by atoms with van der Waals surface area (Å²) in [6.07, 6.45) is 6.81. The molecule has 0 aromatic carbocycles. The van der Waals surface area contributed by atoms with Crippen LogP contribution in [0.15, 0.2) is 11.6 Å². The first-order chi connectivity index (χ1) is 10.2. The Labute approximate surface area is 135 Å². The summed E-state index contributed by atoms with van der Waals surface area (Å²) in [4.78, 5) is 23.2. The van der Waals surface area contributed by atoms with Crippen LogP contribution in [-0.2, 0) is 4.79 Å². The van der Waals surface area contributed by atoms with Gasteiger partial charge in [0.15, 0.2) is 5.78 Å². The first kappa shape index (κ1) is 20.7. The highest BCUT2D eigenvalue weighted by Gasteiger charge is 2.25. The van der Waals surface area contributed by atoms with E-state index < -0.39 is 6.09 Å². The summed E-state index contributed by atoms with van der Waals surface area (Å²) in [5.41, 5.74) is 1.43. The molecule has 1 N–H and O–H groups in total. The number of carbonyl (C=O) groups excluding carboxylic acids is 1. The molecule has 0 fully saturated rings. The van der Waals surface area contributed by atoms with Crippen molar-refractivity contribution in [1.82, 2.24) is 4.90 Å². The number of amides is 1. The Hall–Kier alpha value is -1.32. The number of nitrogens with zero attached hydrogens (tertiary/aromatic N) is 1. The molecule has 128 valence electrons. The lowest BCUT2D eigenvalue weighted by Crippen LogP contribution is -2.31. The van der Waals surface area contributed by atoms with Crippen molar-refractivity contribution in [2.75, 3.05) is 13.1 Å². The van der Waals surface area contributed by atoms with Crippen LogP contribution in [0.2, 0.25) is 0 Å². The van der Waals surface area contributed by atoms with Crippen molar-refractivity contribution in [1.29, 1.82) is 0 Å². The molecule has 0 unspecified atom stereocenters. The zero-order chi connectivity index (χ0) is 17.2. The van der Waals surface area contributed by atoms with Gasteiger partial charge in [-0.15, -0.1) is 0 Å². The predicted molar refractivity (Wildman–Crippen MR) is 91.2 cm³/mol. The molecule has 4 nitrogen and oxygen atoms in total. The number of ketones is 1. The van der Waals surface area contributed by atoms with Crippen molar-refractivity contribution in [2.45, 2.75) is 73.1 Å². The summed E-state index contributed by atoms with van der Waals surface area (Å²) in [7, 11) is 0. The number of allylic oxidation sites excluding steroid dienone is 2. The van der Waals surface area contributed by atoms with Crippen molar-refractivity contribution < 1.29 is 14.7 Å². The van der Waals surface area contributed by atoms with E-state index in [1.165, 1.54) is 10.5 Å². The maximum atomic E-state index is 11.0. The molecule has 1 rings (SSSR count). The number of carboxylic acid groups (broad SMARTS) is 1. The van der Waals surface area contributed by atoms with Gasteiger partial charge in [-0.25, -0.2) is 4.79 Å². The largest absolute Gasteiger partial charge is 0.465 e. The van der Waals surface area contributed by atoms with Gasteiger partial charge in [-0.1, -0.05) is 46.1 Å². The molecule has 0 spiro atoms. The maximum absolute atomic E-state index is 11.0. The monoisotopic (exact) mass is 311 g/mol. The second-order valence-corrected chi connectivity index (χ2v) is 6.95. The quantitative estimate of drug-likeness (QED) is 0.760. The van der Waals surface area contributed by atoms with Crippen LogP contribution in [0.3, 0.4) is 0 Å². The van der Waals surface area contributed by atoms with E-state index in [1.807, 2.05) is 6.92 Å². The van der Waals surface area contributed by atoms with Crippen LogP contribution in [0.5, 0.6) is 0 Å². The van der Waals surface area contributed by atoms with E-state index in [1.54, 1.807) is 6.08 Å². The van der Waals surface area contributed by atoms with E-state index in [0.29, 0.717) is 19.5 Å². The molecule has 0 aliphatic heterocycles. The lowest BCUT2D eigenvalue weighted by atomic mass is 9.77. The second kappa shape index (κ2) is 10.4. The summed E-state index contributed by atoms with van der Waals surface area (Å²) in [6.45, 7) is 11.8. The minimum absolute atomic E-state index is 0.204. The highest BCUT2D eigenvalue weighted by Crippen LogP contribution is 2.32. The molecule has 1 amide bonds. The van der Waals surface area contributed by atoms with E-state index in [4.69, 9.17) is 5.11 Å². The zero-order valence-electron chi connectivity index (χ0n) is 14.9. The van der Waals surface area contributed by atoms with Crippen molar-refractivity contribution in [3.05, 3.63) is 11.6 Å². The fraction of sp³-hybridized carbons (Fsp3) is 0.778. The van der Waals surface area contributed by atoms with E-state index in [9.17, 15) is 9.59 Å². The second-order valence-electron chi connectivity index (χ2n) is 6.95. The molecule has 22 heavy (non-hydrogen) atoms. The number of unbranched alkanes of at least 4 members (excludes halogenated alkanes) is 2. The van der Waals surface area contributed by atoms with Crippen molar-refractivity contribution in [3.63, 3.8) is 0 Å². The van der Waals surface area contributed by atoms with Gasteiger partial charge in [-0.05, 0) is 37.7 Å². The third-order valence-electron chi connectivity index (χ3n) is 3.65. The SMILES string of the molecule is CC1=CC(=O)CC(C)(C)C1.CCCCN(CCCC)C(=O)O. The van der Waals surface area contributed by atoms with E-state index in [0.717, 1.165) is 32.1 Å². The van der Waals surface area contributed by atoms with Crippen molar-refractivity contribution >= 4 is 11.9 Å². The van der Waals surface area contributed by atoms with Gasteiger partial charge in [-0.2, -0.15) is 0 Å². The highest BCUT2D eigenvalue weighted by molar-refractivity contribution is 5.91. The minimum atomic E-state index is -0.781. The first-order valence-corrected chi connectivity index (χ1v) is 8.39. The lowest BCUT2D eigenvalue weighted by molar-refractivity contribution is -0.117. The molecule has 4 heteroatoms. The average molecular weight is 311 g/mol. The molecule has 0 radical (unpaired) electrons. The molecule has 0 heterocycles. The van der Waals surface area contributed by atoms with E-state index in [-0.39, 0.29) is 11.2 Å². The van der Waals surface area contributed by atoms with Crippen LogP contribution in [0.4, 0.5) is 4.79 Å². The van der Waals surface area contributed by atoms with Crippen LogP contribution >= 0.6 is 0 Å². The Morgan fingerprint density at radius 2 is 1.68 bits per heavy atom. The molecule has 0 aromatic heterocycles. The smallest absolute Gasteiger partial charge is 0.407 e. The molecule has 0 saturated carbocycles. The summed E-state index contributed by atoms with van der Waals surface area (Å²) in [6, 6.07) is 0. The molecule has 0 aromatic rings. The number of hydrogen-bond donors (Lipinski definition) is 1. The van der Waals surface area contributed by atoms with Crippen molar-refractivity contribution in [3.8, 4) is 0 Å². The van der Waals surface area contributed by atoms with Crippen LogP contribution < -0.4 is 0 Å². The summed E-state index contributed by atoms with van der Waals surface area (Å²) < 4.78 is 0. The maximum Gasteiger partial charge on any atom is 0.407 e. The fourth-order valence-corrected chi connectivity index (χ4v) is 2.67. The number of hydrogen-bond acceptors (Lipinski definition) is 2. The van der Waals surface area contributed by atoms with Crippen LogP contribution in [0.25, 0.3) is 0 Å². The Balaban J connectivity index is 0.000000406. The Morgan fingerprint density at radius 3 is 2.00 bits per heavy atom. The Bertz CT molecular complexity index is 378. The molecule has 1 aliphatic rings. The Kier molecular flexibility index (Phi) is 9.79. The number of rotatable bonds is 6. The van der Waals surface area contributed by atoms with Gasteiger partial charge in [0.05, 0.1) is 0 Å². The lowest BCUT2D eigenvalue weighted by Gasteiger charge is -2.27. The normalized spacial score (nSPS) is 16.4. The summed E-state index contributed by atoms with van der Waals surface area (Å²) in [5, 5.41) is 8.75. The van der Waals surface area contributed by atoms with Crippen molar-refractivity contribution in [2.24, 2.45) is 5.41 Å². The predicted octanol–water partition coefficient (Wildman–Crippen LogP) is 4.89.